The molecule has 0 aromatic heterocycles. The van der Waals surface area contributed by atoms with Crippen LogP contribution in [0, 0.1) is 11.9 Å². The van der Waals surface area contributed by atoms with Crippen molar-refractivity contribution in [2.45, 2.75) is 4.90 Å². The molecule has 0 unspecified atom stereocenters. The second-order valence-electron chi connectivity index (χ2n) is 3.71. The number of hydrogen-bond donors (Lipinski definition) is 0. The maximum Gasteiger partial charge on any atom is 0.175 e. The number of sulfone groups is 1. The van der Waals surface area contributed by atoms with Crippen LogP contribution in [0.2, 0.25) is 0 Å². The molecule has 0 fully saturated rings. The summed E-state index contributed by atoms with van der Waals surface area (Å²) in [5, 5.41) is 0. The highest BCUT2D eigenvalue weighted by molar-refractivity contribution is 7.90. The maximum atomic E-state index is 13.5. The highest BCUT2D eigenvalue weighted by Crippen LogP contribution is 2.24. The fourth-order valence-corrected chi connectivity index (χ4v) is 2.14. The molecule has 0 atom stereocenters. The second-order valence-corrected chi connectivity index (χ2v) is 5.73. The topological polar surface area (TPSA) is 34.1 Å². The Morgan fingerprint density at radius 1 is 1.18 bits per heavy atom. The molecule has 0 bridgehead atoms. The van der Waals surface area contributed by atoms with Crippen LogP contribution in [0.5, 0.6) is 0 Å². The quantitative estimate of drug-likeness (QED) is 0.820. The number of benzene rings is 2. The van der Waals surface area contributed by atoms with Crippen molar-refractivity contribution in [3.8, 4) is 11.1 Å². The van der Waals surface area contributed by atoms with Gasteiger partial charge in [0.25, 0.3) is 0 Å². The Bertz CT molecular complexity index is 648. The van der Waals surface area contributed by atoms with Gasteiger partial charge in [0.1, 0.15) is 5.82 Å². The summed E-state index contributed by atoms with van der Waals surface area (Å²) in [5.74, 6) is -0.383. The van der Waals surface area contributed by atoms with E-state index in [1.807, 2.05) is 0 Å². The SMILES string of the molecule is CS(=O)(=O)c1c[c]cc(-c2ccccc2F)c1. The lowest BCUT2D eigenvalue weighted by Gasteiger charge is -2.05. The lowest BCUT2D eigenvalue weighted by Crippen LogP contribution is -1.97. The third kappa shape index (κ3) is 2.53. The molecule has 0 amide bonds. The molecule has 2 rings (SSSR count). The molecule has 0 aliphatic heterocycles. The average Bonchev–Trinajstić information content (AvgIpc) is 2.29. The highest BCUT2D eigenvalue weighted by atomic mass is 32.2. The Kier molecular flexibility index (Phi) is 2.98. The van der Waals surface area contributed by atoms with Gasteiger partial charge in [-0.25, -0.2) is 12.8 Å². The lowest BCUT2D eigenvalue weighted by molar-refractivity contribution is 0.601. The summed E-state index contributed by atoms with van der Waals surface area (Å²) in [6.07, 6.45) is 1.11. The Hall–Kier alpha value is -1.68. The van der Waals surface area contributed by atoms with Gasteiger partial charge in [-0.1, -0.05) is 18.2 Å². The highest BCUT2D eigenvalue weighted by Gasteiger charge is 2.10. The number of halogens is 1. The van der Waals surface area contributed by atoms with Crippen LogP contribution in [0.25, 0.3) is 11.1 Å². The molecule has 2 nitrogen and oxygen atoms in total. The second kappa shape index (κ2) is 4.30. The first-order chi connectivity index (χ1) is 7.98. The minimum Gasteiger partial charge on any atom is -0.224 e. The maximum absolute atomic E-state index is 13.5. The fraction of sp³-hybridized carbons (Fsp3) is 0.0769. The van der Waals surface area contributed by atoms with Crippen molar-refractivity contribution >= 4 is 9.84 Å². The molecule has 0 spiro atoms. The van der Waals surface area contributed by atoms with E-state index in [0.29, 0.717) is 11.1 Å². The molecule has 0 N–H and O–H groups in total. The van der Waals surface area contributed by atoms with Crippen LogP contribution >= 0.6 is 0 Å². The van der Waals surface area contributed by atoms with Gasteiger partial charge in [0.05, 0.1) is 4.90 Å². The van der Waals surface area contributed by atoms with Gasteiger partial charge in [0.2, 0.25) is 0 Å². The third-order valence-corrected chi connectivity index (χ3v) is 3.47. The predicted octanol–water partition coefficient (Wildman–Crippen LogP) is 2.70. The van der Waals surface area contributed by atoms with Crippen LogP contribution in [0.1, 0.15) is 0 Å². The predicted molar refractivity (Wildman–Crippen MR) is 63.8 cm³/mol. The van der Waals surface area contributed by atoms with Gasteiger partial charge in [0.15, 0.2) is 9.84 Å². The van der Waals surface area contributed by atoms with E-state index in [2.05, 4.69) is 6.07 Å². The van der Waals surface area contributed by atoms with E-state index >= 15 is 0 Å². The average molecular weight is 249 g/mol. The van der Waals surface area contributed by atoms with Crippen LogP contribution in [0.15, 0.2) is 47.4 Å². The molecule has 87 valence electrons. The Labute approximate surface area is 99.6 Å². The van der Waals surface area contributed by atoms with E-state index in [9.17, 15) is 12.8 Å². The molecule has 17 heavy (non-hydrogen) atoms. The zero-order valence-corrected chi connectivity index (χ0v) is 9.96. The normalized spacial score (nSPS) is 11.4. The van der Waals surface area contributed by atoms with Crippen LogP contribution in [0.3, 0.4) is 0 Å². The van der Waals surface area contributed by atoms with E-state index in [-0.39, 0.29) is 10.7 Å². The molecule has 0 aliphatic carbocycles. The van der Waals surface area contributed by atoms with Crippen molar-refractivity contribution in [1.29, 1.82) is 0 Å². The summed E-state index contributed by atoms with van der Waals surface area (Å²) in [6.45, 7) is 0. The van der Waals surface area contributed by atoms with Crippen molar-refractivity contribution in [3.05, 3.63) is 54.3 Å². The van der Waals surface area contributed by atoms with Gasteiger partial charge in [-0.15, -0.1) is 0 Å². The van der Waals surface area contributed by atoms with E-state index in [0.717, 1.165) is 6.26 Å². The summed E-state index contributed by atoms with van der Waals surface area (Å²) in [4.78, 5) is 0.137. The summed E-state index contributed by atoms with van der Waals surface area (Å²) in [7, 11) is -3.30. The standard InChI is InChI=1S/C13H10FO2S/c1-17(15,16)11-6-4-5-10(9-11)12-7-2-3-8-13(12)14/h2-3,5-9H,1H3. The van der Waals surface area contributed by atoms with Crippen LogP contribution in [-0.2, 0) is 9.84 Å². The van der Waals surface area contributed by atoms with Gasteiger partial charge < -0.3 is 0 Å². The molecule has 2 aromatic carbocycles. The van der Waals surface area contributed by atoms with Gasteiger partial charge in [-0.3, -0.25) is 0 Å². The fourth-order valence-electron chi connectivity index (χ4n) is 1.52. The van der Waals surface area contributed by atoms with Gasteiger partial charge >= 0.3 is 0 Å². The largest absolute Gasteiger partial charge is 0.224 e. The van der Waals surface area contributed by atoms with E-state index < -0.39 is 9.84 Å². The first-order valence-electron chi connectivity index (χ1n) is 4.94. The number of hydrogen-bond acceptors (Lipinski definition) is 2. The molecule has 0 aliphatic rings. The zero-order chi connectivity index (χ0) is 12.5. The minimum absolute atomic E-state index is 0.137. The van der Waals surface area contributed by atoms with Crippen LogP contribution in [-0.4, -0.2) is 14.7 Å². The Morgan fingerprint density at radius 3 is 2.53 bits per heavy atom. The molecule has 0 saturated carbocycles. The monoisotopic (exact) mass is 249 g/mol. The van der Waals surface area contributed by atoms with Crippen molar-refractivity contribution in [2.24, 2.45) is 0 Å². The zero-order valence-electron chi connectivity index (χ0n) is 9.14. The molecule has 1 radical (unpaired) electrons. The number of rotatable bonds is 2. The van der Waals surface area contributed by atoms with E-state index in [4.69, 9.17) is 0 Å². The molecule has 4 heteroatoms. The van der Waals surface area contributed by atoms with Crippen molar-refractivity contribution < 1.29 is 12.8 Å². The molecular weight excluding hydrogens is 239 g/mol. The lowest BCUT2D eigenvalue weighted by atomic mass is 10.1. The van der Waals surface area contributed by atoms with Crippen molar-refractivity contribution in [1.82, 2.24) is 0 Å². The molecule has 2 aromatic rings. The van der Waals surface area contributed by atoms with Crippen LogP contribution < -0.4 is 0 Å². The minimum atomic E-state index is -3.30. The van der Waals surface area contributed by atoms with Crippen molar-refractivity contribution in [2.75, 3.05) is 6.26 Å². The van der Waals surface area contributed by atoms with Gasteiger partial charge in [-0.05, 0) is 35.9 Å². The van der Waals surface area contributed by atoms with Crippen molar-refractivity contribution in [3.63, 3.8) is 0 Å². The molecule has 0 saturated heterocycles. The smallest absolute Gasteiger partial charge is 0.175 e. The van der Waals surface area contributed by atoms with Gasteiger partial charge in [0, 0.05) is 11.8 Å². The summed E-state index contributed by atoms with van der Waals surface area (Å²) >= 11 is 0. The molecular formula is C13H10FO2S. The summed E-state index contributed by atoms with van der Waals surface area (Å²) < 4.78 is 36.3. The molecule has 0 heterocycles. The van der Waals surface area contributed by atoms with E-state index in [1.165, 1.54) is 18.2 Å². The first-order valence-corrected chi connectivity index (χ1v) is 6.84. The summed E-state index contributed by atoms with van der Waals surface area (Å²) in [6, 6.07) is 13.3. The Balaban J connectivity index is 2.59. The third-order valence-electron chi connectivity index (χ3n) is 2.38. The van der Waals surface area contributed by atoms with Crippen LogP contribution in [0.4, 0.5) is 4.39 Å². The summed E-state index contributed by atoms with van der Waals surface area (Å²) in [5.41, 5.74) is 0.875. The first kappa shape index (κ1) is 11.8. The van der Waals surface area contributed by atoms with Gasteiger partial charge in [-0.2, -0.15) is 0 Å². The van der Waals surface area contributed by atoms with E-state index in [1.54, 1.807) is 24.3 Å². The Morgan fingerprint density at radius 2 is 1.88 bits per heavy atom.